The summed E-state index contributed by atoms with van der Waals surface area (Å²) in [5, 5.41) is 4.63. The Kier molecular flexibility index (Phi) is 3.99. The summed E-state index contributed by atoms with van der Waals surface area (Å²) < 4.78 is 7.04. The molecular formula is C13H13ClN2O2. The molecule has 0 aliphatic carbocycles. The van der Waals surface area contributed by atoms with Crippen LogP contribution in [-0.4, -0.2) is 22.2 Å². The van der Waals surface area contributed by atoms with Crippen molar-refractivity contribution in [3.8, 4) is 5.75 Å². The van der Waals surface area contributed by atoms with E-state index in [2.05, 4.69) is 5.10 Å². The van der Waals surface area contributed by atoms with Crippen LogP contribution in [0.4, 0.5) is 0 Å². The van der Waals surface area contributed by atoms with Gasteiger partial charge >= 0.3 is 0 Å². The van der Waals surface area contributed by atoms with E-state index in [-0.39, 0.29) is 12.4 Å². The zero-order chi connectivity index (χ0) is 13.0. The summed E-state index contributed by atoms with van der Waals surface area (Å²) in [6.45, 7) is 2.57. The summed E-state index contributed by atoms with van der Waals surface area (Å²) in [6, 6.07) is 8.65. The Morgan fingerprint density at radius 3 is 3.00 bits per heavy atom. The van der Waals surface area contributed by atoms with Crippen LogP contribution >= 0.6 is 11.6 Å². The molecule has 18 heavy (non-hydrogen) atoms. The van der Waals surface area contributed by atoms with Crippen LogP contribution in [0.2, 0.25) is 5.02 Å². The summed E-state index contributed by atoms with van der Waals surface area (Å²) in [5.74, 6) is 0.479. The number of benzene rings is 1. The minimum Gasteiger partial charge on any atom is -0.485 e. The number of halogens is 1. The number of carbonyl (C=O) groups excluding carboxylic acids is 1. The maximum Gasteiger partial charge on any atom is 0.218 e. The second-order valence-electron chi connectivity index (χ2n) is 3.70. The maximum absolute atomic E-state index is 11.9. The third kappa shape index (κ3) is 2.90. The number of hydrogen-bond donors (Lipinski definition) is 0. The molecule has 2 rings (SSSR count). The first kappa shape index (κ1) is 12.6. The van der Waals surface area contributed by atoms with E-state index in [1.807, 2.05) is 6.92 Å². The van der Waals surface area contributed by atoms with Crippen molar-refractivity contribution in [2.45, 2.75) is 13.5 Å². The molecule has 0 N–H and O–H groups in total. The zero-order valence-electron chi connectivity index (χ0n) is 9.97. The van der Waals surface area contributed by atoms with Crippen molar-refractivity contribution in [1.82, 2.24) is 9.78 Å². The molecule has 0 radical (unpaired) electrons. The number of ether oxygens (including phenoxy) is 1. The van der Waals surface area contributed by atoms with E-state index in [9.17, 15) is 4.79 Å². The maximum atomic E-state index is 11.9. The van der Waals surface area contributed by atoms with E-state index in [0.717, 1.165) is 0 Å². The molecule has 0 unspecified atom stereocenters. The molecule has 0 bridgehead atoms. The summed E-state index contributed by atoms with van der Waals surface area (Å²) in [7, 11) is 0. The number of carbonyl (C=O) groups is 1. The monoisotopic (exact) mass is 264 g/mol. The lowest BCUT2D eigenvalue weighted by atomic mass is 10.3. The Morgan fingerprint density at radius 2 is 2.28 bits per heavy atom. The fourth-order valence-corrected chi connectivity index (χ4v) is 1.78. The van der Waals surface area contributed by atoms with Crippen LogP contribution in [0.3, 0.4) is 0 Å². The van der Waals surface area contributed by atoms with Crippen molar-refractivity contribution in [1.29, 1.82) is 0 Å². The van der Waals surface area contributed by atoms with E-state index in [1.54, 1.807) is 41.2 Å². The Bertz CT molecular complexity index is 551. The van der Waals surface area contributed by atoms with Crippen LogP contribution in [0.25, 0.3) is 0 Å². The number of ketones is 1. The van der Waals surface area contributed by atoms with Gasteiger partial charge in [0, 0.05) is 17.8 Å². The molecular weight excluding hydrogens is 252 g/mol. The van der Waals surface area contributed by atoms with Crippen LogP contribution in [0.1, 0.15) is 17.4 Å². The first-order valence-corrected chi connectivity index (χ1v) is 6.02. The largest absolute Gasteiger partial charge is 0.485 e. The highest BCUT2D eigenvalue weighted by molar-refractivity contribution is 6.30. The van der Waals surface area contributed by atoms with Crippen molar-refractivity contribution in [2.75, 3.05) is 6.61 Å². The Morgan fingerprint density at radius 1 is 1.44 bits per heavy atom. The average Bonchev–Trinajstić information content (AvgIpc) is 2.84. The van der Waals surface area contributed by atoms with Gasteiger partial charge in [0.1, 0.15) is 11.4 Å². The van der Waals surface area contributed by atoms with Crippen molar-refractivity contribution < 1.29 is 9.53 Å². The second-order valence-corrected chi connectivity index (χ2v) is 4.14. The lowest BCUT2D eigenvalue weighted by Gasteiger charge is -2.06. The SMILES string of the molecule is CCn1nccc1C(=O)COc1cccc(Cl)c1. The summed E-state index contributed by atoms with van der Waals surface area (Å²) >= 11 is 5.83. The standard InChI is InChI=1S/C13H13ClN2O2/c1-2-16-12(6-7-15-16)13(17)9-18-11-5-3-4-10(14)8-11/h3-8H,2,9H2,1H3. The molecule has 0 saturated carbocycles. The number of hydrogen-bond acceptors (Lipinski definition) is 3. The Balaban J connectivity index is 2.00. The molecule has 0 aliphatic rings. The molecule has 1 aromatic carbocycles. The number of nitrogens with zero attached hydrogens (tertiary/aromatic N) is 2. The van der Waals surface area contributed by atoms with Gasteiger partial charge in [0.15, 0.2) is 6.61 Å². The van der Waals surface area contributed by atoms with Gasteiger partial charge in [0.25, 0.3) is 0 Å². The quantitative estimate of drug-likeness (QED) is 0.780. The van der Waals surface area contributed by atoms with Crippen molar-refractivity contribution in [2.24, 2.45) is 0 Å². The molecule has 0 spiro atoms. The molecule has 0 amide bonds. The fourth-order valence-electron chi connectivity index (χ4n) is 1.60. The van der Waals surface area contributed by atoms with E-state index in [4.69, 9.17) is 16.3 Å². The van der Waals surface area contributed by atoms with Crippen LogP contribution in [0.5, 0.6) is 5.75 Å². The van der Waals surface area contributed by atoms with Gasteiger partial charge in [-0.25, -0.2) is 0 Å². The van der Waals surface area contributed by atoms with Gasteiger partial charge in [-0.15, -0.1) is 0 Å². The highest BCUT2D eigenvalue weighted by Gasteiger charge is 2.11. The minimum atomic E-state index is -0.102. The lowest BCUT2D eigenvalue weighted by molar-refractivity contribution is 0.0911. The molecule has 5 heteroatoms. The van der Waals surface area contributed by atoms with Gasteiger partial charge in [0.05, 0.1) is 0 Å². The fraction of sp³-hybridized carbons (Fsp3) is 0.231. The summed E-state index contributed by atoms with van der Waals surface area (Å²) in [6.07, 6.45) is 1.61. The summed E-state index contributed by atoms with van der Waals surface area (Å²) in [4.78, 5) is 11.9. The minimum absolute atomic E-state index is 0.0218. The first-order valence-electron chi connectivity index (χ1n) is 5.64. The number of Topliss-reactive ketones (excluding diaryl/α,β-unsaturated/α-hetero) is 1. The van der Waals surface area contributed by atoms with Crippen LogP contribution in [-0.2, 0) is 6.54 Å². The Labute approximate surface area is 110 Å². The van der Waals surface area contributed by atoms with Crippen LogP contribution in [0.15, 0.2) is 36.5 Å². The van der Waals surface area contributed by atoms with Gasteiger partial charge in [0.2, 0.25) is 5.78 Å². The first-order chi connectivity index (χ1) is 8.70. The van der Waals surface area contributed by atoms with Crippen molar-refractivity contribution in [3.63, 3.8) is 0 Å². The zero-order valence-corrected chi connectivity index (χ0v) is 10.7. The van der Waals surface area contributed by atoms with Crippen molar-refractivity contribution >= 4 is 17.4 Å². The van der Waals surface area contributed by atoms with Gasteiger partial charge in [-0.1, -0.05) is 17.7 Å². The topological polar surface area (TPSA) is 44.1 Å². The molecule has 0 atom stereocenters. The molecule has 0 saturated heterocycles. The molecule has 0 fully saturated rings. The Hall–Kier alpha value is -1.81. The van der Waals surface area contributed by atoms with E-state index in [1.165, 1.54) is 0 Å². The molecule has 1 aromatic heterocycles. The van der Waals surface area contributed by atoms with Gasteiger partial charge < -0.3 is 4.74 Å². The molecule has 0 aliphatic heterocycles. The smallest absolute Gasteiger partial charge is 0.218 e. The molecule has 1 heterocycles. The highest BCUT2D eigenvalue weighted by Crippen LogP contribution is 2.17. The van der Waals surface area contributed by atoms with Crippen molar-refractivity contribution in [3.05, 3.63) is 47.2 Å². The second kappa shape index (κ2) is 5.69. The lowest BCUT2D eigenvalue weighted by Crippen LogP contribution is -2.16. The van der Waals surface area contributed by atoms with Gasteiger partial charge in [-0.05, 0) is 31.2 Å². The van der Waals surface area contributed by atoms with Gasteiger partial charge in [-0.2, -0.15) is 5.10 Å². The van der Waals surface area contributed by atoms with Crippen LogP contribution < -0.4 is 4.74 Å². The molecule has 2 aromatic rings. The third-order valence-electron chi connectivity index (χ3n) is 2.47. The highest BCUT2D eigenvalue weighted by atomic mass is 35.5. The predicted molar refractivity (Wildman–Crippen MR) is 69.2 cm³/mol. The van der Waals surface area contributed by atoms with Crippen LogP contribution in [0, 0.1) is 0 Å². The summed E-state index contributed by atoms with van der Waals surface area (Å²) in [5.41, 5.74) is 0.555. The van der Waals surface area contributed by atoms with E-state index < -0.39 is 0 Å². The van der Waals surface area contributed by atoms with E-state index in [0.29, 0.717) is 23.0 Å². The van der Waals surface area contributed by atoms with Gasteiger partial charge in [-0.3, -0.25) is 9.48 Å². The predicted octanol–water partition coefficient (Wildman–Crippen LogP) is 2.82. The number of aromatic nitrogens is 2. The third-order valence-corrected chi connectivity index (χ3v) is 2.70. The number of aryl methyl sites for hydroxylation is 1. The number of rotatable bonds is 5. The normalized spacial score (nSPS) is 10.3. The average molecular weight is 265 g/mol. The molecule has 94 valence electrons. The molecule has 4 nitrogen and oxygen atoms in total. The van der Waals surface area contributed by atoms with E-state index >= 15 is 0 Å².